The maximum atomic E-state index is 12.1. The van der Waals surface area contributed by atoms with Crippen LogP contribution in [0.4, 0.5) is 0 Å². The SMILES string of the molecule is Cc1ccc(S(=O)(=O)NCCN=Cc2ccc(Cl)cc2Cl)cc1. The molecule has 0 saturated heterocycles. The quantitative estimate of drug-likeness (QED) is 0.622. The van der Waals surface area contributed by atoms with E-state index in [1.165, 1.54) is 0 Å². The molecule has 0 atom stereocenters. The first-order valence-electron chi connectivity index (χ1n) is 6.90. The first kappa shape index (κ1) is 17.9. The predicted octanol–water partition coefficient (Wildman–Crippen LogP) is 3.70. The van der Waals surface area contributed by atoms with Crippen molar-refractivity contribution in [2.24, 2.45) is 4.99 Å². The molecule has 122 valence electrons. The van der Waals surface area contributed by atoms with Crippen LogP contribution in [0.5, 0.6) is 0 Å². The van der Waals surface area contributed by atoms with Crippen molar-refractivity contribution in [3.05, 3.63) is 63.6 Å². The second-order valence-electron chi connectivity index (χ2n) is 4.91. The number of halogens is 2. The standard InChI is InChI=1S/C16H16Cl2N2O2S/c1-12-2-6-15(7-3-12)23(21,22)20-9-8-19-11-13-4-5-14(17)10-16(13)18/h2-7,10-11,20H,8-9H2,1H3. The van der Waals surface area contributed by atoms with E-state index in [-0.39, 0.29) is 11.4 Å². The van der Waals surface area contributed by atoms with Crippen LogP contribution in [0.25, 0.3) is 0 Å². The minimum atomic E-state index is -3.50. The second-order valence-corrected chi connectivity index (χ2v) is 7.52. The molecule has 1 N–H and O–H groups in total. The van der Waals surface area contributed by atoms with E-state index in [0.717, 1.165) is 11.1 Å². The van der Waals surface area contributed by atoms with Crippen LogP contribution in [0.2, 0.25) is 10.0 Å². The number of hydrogen-bond acceptors (Lipinski definition) is 3. The zero-order chi connectivity index (χ0) is 16.9. The molecule has 0 fully saturated rings. The topological polar surface area (TPSA) is 58.5 Å². The summed E-state index contributed by atoms with van der Waals surface area (Å²) in [6, 6.07) is 11.8. The monoisotopic (exact) mass is 370 g/mol. The first-order valence-corrected chi connectivity index (χ1v) is 9.13. The number of benzene rings is 2. The summed E-state index contributed by atoms with van der Waals surface area (Å²) in [5.41, 5.74) is 1.74. The number of nitrogens with one attached hydrogen (secondary N) is 1. The normalized spacial score (nSPS) is 12.0. The molecule has 0 heterocycles. The first-order chi connectivity index (χ1) is 10.9. The van der Waals surface area contributed by atoms with E-state index in [9.17, 15) is 8.42 Å². The molecule has 0 aliphatic heterocycles. The Labute approximate surface area is 146 Å². The van der Waals surface area contributed by atoms with Gasteiger partial charge in [0.05, 0.1) is 16.5 Å². The van der Waals surface area contributed by atoms with Gasteiger partial charge in [0.2, 0.25) is 10.0 Å². The van der Waals surface area contributed by atoms with Crippen molar-refractivity contribution in [3.63, 3.8) is 0 Å². The molecular formula is C16H16Cl2N2O2S. The Morgan fingerprint density at radius 2 is 1.83 bits per heavy atom. The van der Waals surface area contributed by atoms with Crippen LogP contribution < -0.4 is 4.72 Å². The summed E-state index contributed by atoms with van der Waals surface area (Å²) in [6.45, 7) is 2.42. The molecule has 4 nitrogen and oxygen atoms in total. The van der Waals surface area contributed by atoms with Crippen molar-refractivity contribution in [1.82, 2.24) is 4.72 Å². The molecule has 0 spiro atoms. The Kier molecular flexibility index (Phi) is 6.18. The average molecular weight is 371 g/mol. The fourth-order valence-electron chi connectivity index (χ4n) is 1.81. The lowest BCUT2D eigenvalue weighted by Gasteiger charge is -2.05. The van der Waals surface area contributed by atoms with Gasteiger partial charge in [-0.2, -0.15) is 0 Å². The minimum Gasteiger partial charge on any atom is -0.291 e. The van der Waals surface area contributed by atoms with Gasteiger partial charge in [0.1, 0.15) is 0 Å². The third kappa shape index (κ3) is 5.32. The van der Waals surface area contributed by atoms with Gasteiger partial charge < -0.3 is 0 Å². The van der Waals surface area contributed by atoms with Crippen LogP contribution in [0.15, 0.2) is 52.4 Å². The summed E-state index contributed by atoms with van der Waals surface area (Å²) in [6.07, 6.45) is 1.60. The van der Waals surface area contributed by atoms with Gasteiger partial charge >= 0.3 is 0 Å². The fraction of sp³-hybridized carbons (Fsp3) is 0.188. The lowest BCUT2D eigenvalue weighted by atomic mass is 10.2. The van der Waals surface area contributed by atoms with Crippen molar-refractivity contribution in [2.45, 2.75) is 11.8 Å². The number of nitrogens with zero attached hydrogens (tertiary/aromatic N) is 1. The number of rotatable bonds is 6. The third-order valence-electron chi connectivity index (χ3n) is 3.06. The largest absolute Gasteiger partial charge is 0.291 e. The average Bonchev–Trinajstić information content (AvgIpc) is 2.49. The molecule has 23 heavy (non-hydrogen) atoms. The van der Waals surface area contributed by atoms with Gasteiger partial charge in [-0.3, -0.25) is 4.99 Å². The highest BCUT2D eigenvalue weighted by Gasteiger charge is 2.12. The van der Waals surface area contributed by atoms with Gasteiger partial charge in [0.15, 0.2) is 0 Å². The van der Waals surface area contributed by atoms with Crippen LogP contribution in [0.3, 0.4) is 0 Å². The number of aryl methyl sites for hydroxylation is 1. The van der Waals surface area contributed by atoms with Crippen molar-refractivity contribution in [2.75, 3.05) is 13.1 Å². The van der Waals surface area contributed by atoms with E-state index >= 15 is 0 Å². The molecule has 0 unspecified atom stereocenters. The highest BCUT2D eigenvalue weighted by molar-refractivity contribution is 7.89. The van der Waals surface area contributed by atoms with Gasteiger partial charge in [-0.05, 0) is 31.2 Å². The van der Waals surface area contributed by atoms with Gasteiger partial charge in [-0.15, -0.1) is 0 Å². The molecule has 0 aliphatic carbocycles. The summed E-state index contributed by atoms with van der Waals surface area (Å²) in [5.74, 6) is 0. The maximum Gasteiger partial charge on any atom is 0.240 e. The molecule has 7 heteroatoms. The van der Waals surface area contributed by atoms with E-state index in [0.29, 0.717) is 16.6 Å². The van der Waals surface area contributed by atoms with E-state index in [4.69, 9.17) is 23.2 Å². The highest BCUT2D eigenvalue weighted by Crippen LogP contribution is 2.19. The molecule has 0 bridgehead atoms. The maximum absolute atomic E-state index is 12.1. The zero-order valence-electron chi connectivity index (χ0n) is 12.5. The van der Waals surface area contributed by atoms with Crippen LogP contribution in [0.1, 0.15) is 11.1 Å². The predicted molar refractivity (Wildman–Crippen MR) is 95.3 cm³/mol. The Balaban J connectivity index is 1.89. The van der Waals surface area contributed by atoms with Gasteiger partial charge in [-0.25, -0.2) is 13.1 Å². The highest BCUT2D eigenvalue weighted by atomic mass is 35.5. The van der Waals surface area contributed by atoms with E-state index in [1.807, 2.05) is 6.92 Å². The Morgan fingerprint density at radius 3 is 2.48 bits per heavy atom. The zero-order valence-corrected chi connectivity index (χ0v) is 14.8. The molecule has 0 amide bonds. The molecule has 0 aliphatic rings. The van der Waals surface area contributed by atoms with Crippen LogP contribution in [0, 0.1) is 6.92 Å². The number of sulfonamides is 1. The van der Waals surface area contributed by atoms with Crippen LogP contribution in [-0.2, 0) is 10.0 Å². The van der Waals surface area contributed by atoms with E-state index in [1.54, 1.807) is 48.7 Å². The van der Waals surface area contributed by atoms with Crippen molar-refractivity contribution >= 4 is 39.4 Å². The summed E-state index contributed by atoms with van der Waals surface area (Å²) in [5, 5.41) is 1.06. The fourth-order valence-corrected chi connectivity index (χ4v) is 3.29. The smallest absolute Gasteiger partial charge is 0.240 e. The number of aliphatic imine (C=N–C) groups is 1. The summed E-state index contributed by atoms with van der Waals surface area (Å²) < 4.78 is 26.6. The Hall–Kier alpha value is -1.40. The minimum absolute atomic E-state index is 0.206. The molecule has 2 rings (SSSR count). The van der Waals surface area contributed by atoms with Gasteiger partial charge in [0, 0.05) is 23.3 Å². The van der Waals surface area contributed by atoms with Crippen molar-refractivity contribution in [3.8, 4) is 0 Å². The Bertz CT molecular complexity index is 803. The van der Waals surface area contributed by atoms with Gasteiger partial charge in [0.25, 0.3) is 0 Å². The molecular weight excluding hydrogens is 355 g/mol. The second kappa shape index (κ2) is 7.93. The van der Waals surface area contributed by atoms with Crippen molar-refractivity contribution in [1.29, 1.82) is 0 Å². The lowest BCUT2D eigenvalue weighted by Crippen LogP contribution is -2.26. The molecule has 0 saturated carbocycles. The molecule has 0 aromatic heterocycles. The van der Waals surface area contributed by atoms with E-state index in [2.05, 4.69) is 9.71 Å². The van der Waals surface area contributed by atoms with Gasteiger partial charge in [-0.1, -0.05) is 47.0 Å². The summed E-state index contributed by atoms with van der Waals surface area (Å²) in [4.78, 5) is 4.41. The van der Waals surface area contributed by atoms with Crippen molar-refractivity contribution < 1.29 is 8.42 Å². The van der Waals surface area contributed by atoms with Crippen LogP contribution >= 0.6 is 23.2 Å². The summed E-state index contributed by atoms with van der Waals surface area (Å²) in [7, 11) is -3.50. The lowest BCUT2D eigenvalue weighted by molar-refractivity contribution is 0.582. The molecule has 2 aromatic carbocycles. The Morgan fingerprint density at radius 1 is 1.13 bits per heavy atom. The molecule has 0 radical (unpaired) electrons. The van der Waals surface area contributed by atoms with E-state index < -0.39 is 10.0 Å². The molecule has 2 aromatic rings. The third-order valence-corrected chi connectivity index (χ3v) is 5.10. The van der Waals surface area contributed by atoms with Crippen LogP contribution in [-0.4, -0.2) is 27.7 Å². The number of hydrogen-bond donors (Lipinski definition) is 1. The summed E-state index contributed by atoms with van der Waals surface area (Å²) >= 11 is 11.8.